The van der Waals surface area contributed by atoms with E-state index in [-0.39, 0.29) is 11.8 Å². The van der Waals surface area contributed by atoms with Gasteiger partial charge in [-0.25, -0.2) is 0 Å². The molecule has 146 valence electrons. The molecule has 0 aromatic rings. The highest BCUT2D eigenvalue weighted by Crippen LogP contribution is 2.14. The van der Waals surface area contributed by atoms with Crippen LogP contribution in [-0.2, 0) is 9.59 Å². The molecule has 0 aliphatic rings. The van der Waals surface area contributed by atoms with Crippen molar-refractivity contribution in [1.82, 2.24) is 10.6 Å². The Kier molecular flexibility index (Phi) is 11.8. The average Bonchev–Trinajstić information content (AvgIpc) is 2.68. The molecule has 28 heavy (non-hydrogen) atoms. The molecular formula is C24H28N2O2. The van der Waals surface area contributed by atoms with Crippen molar-refractivity contribution in [2.45, 2.75) is 13.8 Å². The summed E-state index contributed by atoms with van der Waals surface area (Å²) in [4.78, 5) is 23.3. The summed E-state index contributed by atoms with van der Waals surface area (Å²) in [6, 6.07) is 0. The SMILES string of the molecule is C=C\C(=C/C=C(C=C)/C(C=C)=C/C=C(\C=C)NC(=O)/C(C=C)=C/C)NC(C)=O. The highest BCUT2D eigenvalue weighted by Gasteiger charge is 2.05. The van der Waals surface area contributed by atoms with E-state index in [0.29, 0.717) is 17.0 Å². The topological polar surface area (TPSA) is 58.2 Å². The molecule has 4 heteroatoms. The van der Waals surface area contributed by atoms with Crippen LogP contribution < -0.4 is 10.6 Å². The van der Waals surface area contributed by atoms with Crippen molar-refractivity contribution >= 4 is 11.8 Å². The fraction of sp³-hybridized carbons (Fsp3) is 0.0833. The summed E-state index contributed by atoms with van der Waals surface area (Å²) >= 11 is 0. The van der Waals surface area contributed by atoms with Crippen molar-refractivity contribution in [3.05, 3.63) is 122 Å². The molecule has 0 aromatic heterocycles. The summed E-state index contributed by atoms with van der Waals surface area (Å²) in [6.07, 6.45) is 16.5. The third kappa shape index (κ3) is 8.63. The quantitative estimate of drug-likeness (QED) is 0.404. The lowest BCUT2D eigenvalue weighted by Crippen LogP contribution is -2.22. The van der Waals surface area contributed by atoms with Crippen LogP contribution in [0.5, 0.6) is 0 Å². The lowest BCUT2D eigenvalue weighted by Gasteiger charge is -2.07. The number of hydrogen-bond acceptors (Lipinski definition) is 2. The number of amides is 2. The smallest absolute Gasteiger partial charge is 0.255 e. The molecule has 2 amide bonds. The van der Waals surface area contributed by atoms with Crippen LogP contribution in [0.1, 0.15) is 13.8 Å². The Hall–Kier alpha value is -3.66. The monoisotopic (exact) mass is 376 g/mol. The zero-order valence-electron chi connectivity index (χ0n) is 16.6. The molecule has 0 unspecified atom stereocenters. The largest absolute Gasteiger partial charge is 0.326 e. The molecule has 4 nitrogen and oxygen atoms in total. The molecule has 0 aliphatic carbocycles. The molecule has 0 saturated heterocycles. The minimum Gasteiger partial charge on any atom is -0.326 e. The maximum Gasteiger partial charge on any atom is 0.255 e. The highest BCUT2D eigenvalue weighted by atomic mass is 16.2. The Morgan fingerprint density at radius 2 is 1.07 bits per heavy atom. The minimum absolute atomic E-state index is 0.187. The molecule has 0 bridgehead atoms. The van der Waals surface area contributed by atoms with Crippen molar-refractivity contribution < 1.29 is 9.59 Å². The Labute approximate surface area is 168 Å². The maximum atomic E-state index is 12.1. The van der Waals surface area contributed by atoms with Crippen LogP contribution in [0, 0.1) is 0 Å². The molecular weight excluding hydrogens is 348 g/mol. The van der Waals surface area contributed by atoms with E-state index in [1.54, 1.807) is 55.5 Å². The van der Waals surface area contributed by atoms with Gasteiger partial charge in [0.2, 0.25) is 5.91 Å². The van der Waals surface area contributed by atoms with E-state index in [0.717, 1.165) is 11.1 Å². The second kappa shape index (κ2) is 13.5. The summed E-state index contributed by atoms with van der Waals surface area (Å²) in [5, 5.41) is 5.42. The van der Waals surface area contributed by atoms with Gasteiger partial charge >= 0.3 is 0 Å². The average molecular weight is 377 g/mol. The lowest BCUT2D eigenvalue weighted by molar-refractivity contribution is -0.118. The molecule has 0 radical (unpaired) electrons. The number of rotatable bonds is 11. The molecule has 0 aromatic carbocycles. The number of nitrogens with one attached hydrogen (secondary N) is 2. The van der Waals surface area contributed by atoms with E-state index < -0.39 is 0 Å². The van der Waals surface area contributed by atoms with Gasteiger partial charge in [0.05, 0.1) is 0 Å². The number of hydrogen-bond donors (Lipinski definition) is 2. The zero-order chi connectivity index (χ0) is 21.5. The minimum atomic E-state index is -0.273. The molecule has 0 atom stereocenters. The second-order valence-electron chi connectivity index (χ2n) is 5.39. The van der Waals surface area contributed by atoms with Crippen LogP contribution in [0.4, 0.5) is 0 Å². The summed E-state index contributed by atoms with van der Waals surface area (Å²) in [5.74, 6) is -0.459. The number of carbonyl (C=O) groups excluding carboxylic acids is 2. The standard InChI is InChI=1S/C24H28N2O2/c1-8-19(9-2)24(28)26-23(13-6)17-15-21(11-4)20(10-3)14-16-22(12-5)25-18(7)27/h8-17H,1,3-6H2,2,7H3,(H,25,27)(H,26,28)/b19-9+,20-14+,21-15+,22-16+,23-17+. The third-order valence-electron chi connectivity index (χ3n) is 3.47. The van der Waals surface area contributed by atoms with Gasteiger partial charge in [-0.2, -0.15) is 0 Å². The Balaban J connectivity index is 5.77. The van der Waals surface area contributed by atoms with Gasteiger partial charge in [-0.05, 0) is 42.4 Å². The predicted molar refractivity (Wildman–Crippen MR) is 119 cm³/mol. The maximum absolute atomic E-state index is 12.1. The first kappa shape index (κ1) is 24.3. The van der Waals surface area contributed by atoms with Crippen LogP contribution >= 0.6 is 0 Å². The molecule has 0 fully saturated rings. The van der Waals surface area contributed by atoms with E-state index in [9.17, 15) is 9.59 Å². The van der Waals surface area contributed by atoms with Gasteiger partial charge in [-0.1, -0.05) is 69.4 Å². The summed E-state index contributed by atoms with van der Waals surface area (Å²) in [7, 11) is 0. The Bertz CT molecular complexity index is 816. The molecule has 0 heterocycles. The first-order valence-electron chi connectivity index (χ1n) is 8.58. The van der Waals surface area contributed by atoms with Gasteiger partial charge < -0.3 is 10.6 Å². The summed E-state index contributed by atoms with van der Waals surface area (Å²) < 4.78 is 0. The van der Waals surface area contributed by atoms with Crippen molar-refractivity contribution in [3.8, 4) is 0 Å². The Morgan fingerprint density at radius 1 is 0.643 bits per heavy atom. The van der Waals surface area contributed by atoms with Gasteiger partial charge in [0.1, 0.15) is 0 Å². The van der Waals surface area contributed by atoms with Gasteiger partial charge in [0.25, 0.3) is 5.91 Å². The second-order valence-corrected chi connectivity index (χ2v) is 5.39. The third-order valence-corrected chi connectivity index (χ3v) is 3.47. The number of allylic oxidation sites excluding steroid dienone is 11. The lowest BCUT2D eigenvalue weighted by atomic mass is 10.0. The van der Waals surface area contributed by atoms with Gasteiger partial charge in [0.15, 0.2) is 0 Å². The van der Waals surface area contributed by atoms with Gasteiger partial charge in [-0.15, -0.1) is 0 Å². The first-order valence-corrected chi connectivity index (χ1v) is 8.58. The summed E-state index contributed by atoms with van der Waals surface area (Å²) in [5.41, 5.74) is 3.09. The van der Waals surface area contributed by atoms with Crippen LogP contribution in [0.3, 0.4) is 0 Å². The van der Waals surface area contributed by atoms with Crippen LogP contribution in [-0.4, -0.2) is 11.8 Å². The zero-order valence-corrected chi connectivity index (χ0v) is 16.6. The normalized spacial score (nSPS) is 13.3. The van der Waals surface area contributed by atoms with Crippen LogP contribution in [0.15, 0.2) is 122 Å². The molecule has 2 N–H and O–H groups in total. The van der Waals surface area contributed by atoms with Crippen LogP contribution in [0.25, 0.3) is 0 Å². The Morgan fingerprint density at radius 3 is 1.39 bits per heavy atom. The fourth-order valence-electron chi connectivity index (χ4n) is 1.99. The van der Waals surface area contributed by atoms with E-state index in [1.165, 1.54) is 19.1 Å². The molecule has 0 aliphatic heterocycles. The highest BCUT2D eigenvalue weighted by molar-refractivity contribution is 5.97. The van der Waals surface area contributed by atoms with Crippen molar-refractivity contribution in [1.29, 1.82) is 0 Å². The van der Waals surface area contributed by atoms with Crippen molar-refractivity contribution in [2.75, 3.05) is 0 Å². The van der Waals surface area contributed by atoms with E-state index in [1.807, 2.05) is 0 Å². The molecule has 0 saturated carbocycles. The van der Waals surface area contributed by atoms with E-state index in [4.69, 9.17) is 0 Å². The predicted octanol–water partition coefficient (Wildman–Crippen LogP) is 4.74. The van der Waals surface area contributed by atoms with Crippen molar-refractivity contribution in [3.63, 3.8) is 0 Å². The van der Waals surface area contributed by atoms with E-state index in [2.05, 4.69) is 43.5 Å². The van der Waals surface area contributed by atoms with Gasteiger partial charge in [0, 0.05) is 23.9 Å². The first-order chi connectivity index (χ1) is 13.4. The number of carbonyl (C=O) groups is 2. The van der Waals surface area contributed by atoms with E-state index >= 15 is 0 Å². The fourth-order valence-corrected chi connectivity index (χ4v) is 1.99. The summed E-state index contributed by atoms with van der Waals surface area (Å²) in [6.45, 7) is 21.8. The van der Waals surface area contributed by atoms with Gasteiger partial charge in [-0.3, -0.25) is 9.59 Å². The molecule has 0 spiro atoms. The molecule has 0 rings (SSSR count). The van der Waals surface area contributed by atoms with Crippen molar-refractivity contribution in [2.24, 2.45) is 0 Å². The van der Waals surface area contributed by atoms with Crippen LogP contribution in [0.2, 0.25) is 0 Å².